The number of carbonyl (C=O) groups is 2. The van der Waals surface area contributed by atoms with E-state index in [1.165, 1.54) is 5.56 Å². The fourth-order valence-electron chi connectivity index (χ4n) is 5.08. The van der Waals surface area contributed by atoms with E-state index in [0.717, 1.165) is 41.0 Å². The van der Waals surface area contributed by atoms with E-state index in [0.29, 0.717) is 31.3 Å². The van der Waals surface area contributed by atoms with Crippen LogP contribution in [-0.2, 0) is 9.59 Å². The Morgan fingerprint density at radius 1 is 1.09 bits per heavy atom. The largest absolute Gasteiger partial charge is 0.495 e. The molecule has 1 N–H and O–H groups in total. The number of hydrogen-bond donors (Lipinski definition) is 1. The molecule has 1 aromatic heterocycles. The van der Waals surface area contributed by atoms with Crippen molar-refractivity contribution in [3.05, 3.63) is 53.3 Å². The number of nitrogens with zero attached hydrogens (tertiary/aromatic N) is 3. The topological polar surface area (TPSA) is 78.5 Å². The van der Waals surface area contributed by atoms with Crippen LogP contribution in [0, 0.1) is 19.8 Å². The molecule has 172 valence electrons. The summed E-state index contributed by atoms with van der Waals surface area (Å²) in [5.74, 6) is 1.73. The summed E-state index contributed by atoms with van der Waals surface area (Å²) in [6.45, 7) is 5.85. The number of anilines is 1. The fraction of sp³-hybridized carbons (Fsp3) is 0.423. The van der Waals surface area contributed by atoms with Crippen molar-refractivity contribution in [2.75, 3.05) is 31.6 Å². The fourth-order valence-corrected chi connectivity index (χ4v) is 5.08. The molecule has 7 nitrogen and oxygen atoms in total. The molecule has 2 fully saturated rings. The average molecular weight is 447 g/mol. The van der Waals surface area contributed by atoms with Crippen LogP contribution in [0.2, 0.25) is 0 Å². The Kier molecular flexibility index (Phi) is 5.56. The molecule has 2 amide bonds. The number of rotatable bonds is 4. The van der Waals surface area contributed by atoms with Crippen LogP contribution in [0.25, 0.3) is 11.0 Å². The highest BCUT2D eigenvalue weighted by Gasteiger charge is 2.39. The van der Waals surface area contributed by atoms with Gasteiger partial charge in [0.25, 0.3) is 0 Å². The standard InChI is InChI=1S/C26H30N4O3/c1-16-4-6-20-21(12-16)28-25(27-20)18-8-10-29(11-9-18)26(32)19-14-24(31)30(15-19)22-13-17(2)5-7-23(22)33-3/h4-7,12-13,18-19H,8-11,14-15H2,1-3H3,(H,27,28). The Hall–Kier alpha value is -3.35. The summed E-state index contributed by atoms with van der Waals surface area (Å²) in [4.78, 5) is 37.9. The van der Waals surface area contributed by atoms with Gasteiger partial charge in [-0.25, -0.2) is 4.98 Å². The summed E-state index contributed by atoms with van der Waals surface area (Å²) in [6, 6.07) is 12.0. The van der Waals surface area contributed by atoms with Crippen LogP contribution >= 0.6 is 0 Å². The van der Waals surface area contributed by atoms with Crippen molar-refractivity contribution in [1.29, 1.82) is 0 Å². The molecule has 1 atom stereocenters. The molecule has 5 rings (SSSR count). The van der Waals surface area contributed by atoms with Gasteiger partial charge in [0.05, 0.1) is 29.7 Å². The monoisotopic (exact) mass is 446 g/mol. The third kappa shape index (κ3) is 4.08. The predicted molar refractivity (Wildman–Crippen MR) is 128 cm³/mol. The number of aryl methyl sites for hydroxylation is 2. The zero-order valence-corrected chi connectivity index (χ0v) is 19.4. The maximum absolute atomic E-state index is 13.3. The van der Waals surface area contributed by atoms with Gasteiger partial charge in [-0.05, 0) is 62.1 Å². The number of aromatic amines is 1. The van der Waals surface area contributed by atoms with Crippen LogP contribution in [0.3, 0.4) is 0 Å². The summed E-state index contributed by atoms with van der Waals surface area (Å²) >= 11 is 0. The SMILES string of the molecule is COc1ccc(C)cc1N1CC(C(=O)N2CCC(c3nc4ccc(C)cc4[nH]3)CC2)CC1=O. The number of aromatic nitrogens is 2. The molecule has 7 heteroatoms. The van der Waals surface area contributed by atoms with Crippen molar-refractivity contribution < 1.29 is 14.3 Å². The molecule has 0 aliphatic carbocycles. The average Bonchev–Trinajstić information content (AvgIpc) is 3.41. The highest BCUT2D eigenvalue weighted by molar-refractivity contribution is 6.01. The van der Waals surface area contributed by atoms with Gasteiger partial charge in [-0.15, -0.1) is 0 Å². The van der Waals surface area contributed by atoms with Crippen LogP contribution in [0.1, 0.15) is 42.1 Å². The number of likely N-dealkylation sites (tertiary alicyclic amines) is 1. The van der Waals surface area contributed by atoms with E-state index in [1.807, 2.05) is 30.0 Å². The molecule has 0 radical (unpaired) electrons. The second-order valence-electron chi connectivity index (χ2n) is 9.32. The molecule has 3 aromatic rings. The first-order valence-electron chi connectivity index (χ1n) is 11.6. The summed E-state index contributed by atoms with van der Waals surface area (Å²) in [7, 11) is 1.60. The van der Waals surface area contributed by atoms with Gasteiger partial charge < -0.3 is 19.5 Å². The molecule has 1 unspecified atom stereocenters. The Labute approximate surface area is 193 Å². The lowest BCUT2D eigenvalue weighted by Gasteiger charge is -2.32. The summed E-state index contributed by atoms with van der Waals surface area (Å²) in [5.41, 5.74) is 5.07. The number of H-pyrrole nitrogens is 1. The minimum Gasteiger partial charge on any atom is -0.495 e. The first-order chi connectivity index (χ1) is 15.9. The van der Waals surface area contributed by atoms with Crippen LogP contribution in [0.15, 0.2) is 36.4 Å². The zero-order chi connectivity index (χ0) is 23.1. The van der Waals surface area contributed by atoms with Crippen LogP contribution in [0.4, 0.5) is 5.69 Å². The zero-order valence-electron chi connectivity index (χ0n) is 19.4. The van der Waals surface area contributed by atoms with Gasteiger partial charge in [-0.1, -0.05) is 12.1 Å². The Balaban J connectivity index is 1.24. The third-order valence-corrected chi connectivity index (χ3v) is 6.95. The van der Waals surface area contributed by atoms with Crippen LogP contribution < -0.4 is 9.64 Å². The maximum Gasteiger partial charge on any atom is 0.228 e. The summed E-state index contributed by atoms with van der Waals surface area (Å²) in [6.07, 6.45) is 2.00. The number of benzene rings is 2. The van der Waals surface area contributed by atoms with E-state index in [1.54, 1.807) is 12.0 Å². The predicted octanol–water partition coefficient (Wildman–Crippen LogP) is 3.95. The maximum atomic E-state index is 13.3. The number of ether oxygens (including phenoxy) is 1. The molecule has 0 spiro atoms. The number of amides is 2. The molecule has 2 aromatic carbocycles. The molecule has 2 aliphatic rings. The smallest absolute Gasteiger partial charge is 0.228 e. The number of hydrogen-bond acceptors (Lipinski definition) is 4. The second kappa shape index (κ2) is 8.54. The van der Waals surface area contributed by atoms with E-state index in [4.69, 9.17) is 9.72 Å². The van der Waals surface area contributed by atoms with Gasteiger partial charge in [0.2, 0.25) is 11.8 Å². The number of fused-ring (bicyclic) bond motifs is 1. The van der Waals surface area contributed by atoms with Crippen LogP contribution in [-0.4, -0.2) is 53.4 Å². The lowest BCUT2D eigenvalue weighted by atomic mass is 9.95. The molecular weight excluding hydrogens is 416 g/mol. The van der Waals surface area contributed by atoms with E-state index >= 15 is 0 Å². The number of carbonyl (C=O) groups excluding carboxylic acids is 2. The van der Waals surface area contributed by atoms with Gasteiger partial charge in [0, 0.05) is 32.0 Å². The van der Waals surface area contributed by atoms with Gasteiger partial charge in [-0.3, -0.25) is 9.59 Å². The number of piperidine rings is 1. The van der Waals surface area contributed by atoms with E-state index < -0.39 is 0 Å². The first-order valence-corrected chi connectivity index (χ1v) is 11.6. The minimum atomic E-state index is -0.312. The van der Waals surface area contributed by atoms with Crippen LogP contribution in [0.5, 0.6) is 5.75 Å². The first kappa shape index (κ1) is 21.5. The number of imidazole rings is 1. The van der Waals surface area contributed by atoms with E-state index in [9.17, 15) is 9.59 Å². The minimum absolute atomic E-state index is 0.0234. The normalized spacial score (nSPS) is 19.5. The molecule has 2 aliphatic heterocycles. The molecule has 33 heavy (non-hydrogen) atoms. The Morgan fingerprint density at radius 3 is 2.58 bits per heavy atom. The van der Waals surface area contributed by atoms with Crippen molar-refractivity contribution in [3.63, 3.8) is 0 Å². The van der Waals surface area contributed by atoms with Gasteiger partial charge >= 0.3 is 0 Å². The number of nitrogens with one attached hydrogen (secondary N) is 1. The highest BCUT2D eigenvalue weighted by Crippen LogP contribution is 2.35. The molecule has 3 heterocycles. The van der Waals surface area contributed by atoms with Crippen molar-refractivity contribution in [2.45, 2.75) is 39.0 Å². The highest BCUT2D eigenvalue weighted by atomic mass is 16.5. The van der Waals surface area contributed by atoms with Crippen molar-refractivity contribution in [1.82, 2.24) is 14.9 Å². The second-order valence-corrected chi connectivity index (χ2v) is 9.32. The van der Waals surface area contributed by atoms with Crippen molar-refractivity contribution >= 4 is 28.5 Å². The lowest BCUT2D eigenvalue weighted by molar-refractivity contribution is -0.136. The number of methoxy groups -OCH3 is 1. The summed E-state index contributed by atoms with van der Waals surface area (Å²) < 4.78 is 5.46. The van der Waals surface area contributed by atoms with Crippen molar-refractivity contribution in [3.8, 4) is 5.75 Å². The van der Waals surface area contributed by atoms with E-state index in [2.05, 4.69) is 30.1 Å². The Bertz CT molecular complexity index is 1210. The molecule has 0 bridgehead atoms. The van der Waals surface area contributed by atoms with E-state index in [-0.39, 0.29) is 24.2 Å². The molecule has 2 saturated heterocycles. The Morgan fingerprint density at radius 2 is 1.82 bits per heavy atom. The van der Waals surface area contributed by atoms with Gasteiger partial charge in [0.15, 0.2) is 0 Å². The van der Waals surface area contributed by atoms with Gasteiger partial charge in [0.1, 0.15) is 11.6 Å². The van der Waals surface area contributed by atoms with Crippen molar-refractivity contribution in [2.24, 2.45) is 5.92 Å². The third-order valence-electron chi connectivity index (χ3n) is 6.95. The summed E-state index contributed by atoms with van der Waals surface area (Å²) in [5, 5.41) is 0. The molecular formula is C26H30N4O3. The quantitative estimate of drug-likeness (QED) is 0.658. The lowest BCUT2D eigenvalue weighted by Crippen LogP contribution is -2.42. The van der Waals surface area contributed by atoms with Gasteiger partial charge in [-0.2, -0.15) is 0 Å². The molecule has 0 saturated carbocycles.